The van der Waals surface area contributed by atoms with E-state index < -0.39 is 0 Å². The van der Waals surface area contributed by atoms with Crippen LogP contribution < -0.4 is 0 Å². The van der Waals surface area contributed by atoms with Crippen molar-refractivity contribution in [3.05, 3.63) is 41.7 Å². The Morgan fingerprint density at radius 3 is 2.70 bits per heavy atom. The van der Waals surface area contributed by atoms with Crippen LogP contribution in [0.2, 0.25) is 0 Å². The summed E-state index contributed by atoms with van der Waals surface area (Å²) in [5, 5.41) is 9.26. The Morgan fingerprint density at radius 1 is 1.22 bits per heavy atom. The summed E-state index contributed by atoms with van der Waals surface area (Å²) in [4.78, 5) is 11.7. The summed E-state index contributed by atoms with van der Waals surface area (Å²) in [7, 11) is 0. The summed E-state index contributed by atoms with van der Waals surface area (Å²) < 4.78 is 7.22. The van der Waals surface area contributed by atoms with Crippen LogP contribution in [0.5, 0.6) is 0 Å². The molecule has 1 aromatic carbocycles. The largest absolute Gasteiger partial charge is 0.465 e. The number of aromatic nitrogens is 3. The van der Waals surface area contributed by atoms with Crippen LogP contribution in [-0.4, -0.2) is 33.1 Å². The second kappa shape index (κ2) is 9.35. The molecule has 2 rings (SSSR count). The minimum absolute atomic E-state index is 0.196. The average molecular weight is 333 g/mol. The van der Waals surface area contributed by atoms with E-state index in [4.69, 9.17) is 4.74 Å². The predicted octanol–water partition coefficient (Wildman–Crippen LogP) is 3.32. The Balaban J connectivity index is 1.94. The zero-order chi connectivity index (χ0) is 16.5. The van der Waals surface area contributed by atoms with Gasteiger partial charge < -0.3 is 9.30 Å². The smallest absolute Gasteiger partial charge is 0.316 e. The van der Waals surface area contributed by atoms with Gasteiger partial charge in [-0.2, -0.15) is 0 Å². The first-order valence-corrected chi connectivity index (χ1v) is 8.97. The van der Waals surface area contributed by atoms with Crippen molar-refractivity contribution in [2.45, 2.75) is 44.8 Å². The first-order chi connectivity index (χ1) is 11.2. The number of hydrogen-bond acceptors (Lipinski definition) is 5. The maximum atomic E-state index is 11.7. The summed E-state index contributed by atoms with van der Waals surface area (Å²) in [6.45, 7) is 5.40. The fourth-order valence-electron chi connectivity index (χ4n) is 2.15. The maximum Gasteiger partial charge on any atom is 0.316 e. The molecule has 0 aliphatic carbocycles. The van der Waals surface area contributed by atoms with Crippen LogP contribution in [0.1, 0.15) is 38.1 Å². The molecule has 5 nitrogen and oxygen atoms in total. The Kier molecular flexibility index (Phi) is 7.13. The van der Waals surface area contributed by atoms with Gasteiger partial charge in [0.2, 0.25) is 0 Å². The second-order valence-electron chi connectivity index (χ2n) is 5.17. The van der Waals surface area contributed by atoms with Gasteiger partial charge in [0.15, 0.2) is 5.16 Å². The topological polar surface area (TPSA) is 57.0 Å². The van der Waals surface area contributed by atoms with Crippen molar-refractivity contribution in [3.8, 4) is 0 Å². The number of carbonyl (C=O) groups is 1. The molecule has 0 N–H and O–H groups in total. The van der Waals surface area contributed by atoms with Gasteiger partial charge in [0, 0.05) is 13.0 Å². The molecule has 0 saturated heterocycles. The Morgan fingerprint density at radius 2 is 2.00 bits per heavy atom. The van der Waals surface area contributed by atoms with Crippen molar-refractivity contribution in [2.75, 3.05) is 12.4 Å². The number of nitrogens with zero attached hydrogens (tertiary/aromatic N) is 3. The predicted molar refractivity (Wildman–Crippen MR) is 91.5 cm³/mol. The highest BCUT2D eigenvalue weighted by Gasteiger charge is 2.13. The van der Waals surface area contributed by atoms with Gasteiger partial charge in [0.1, 0.15) is 5.82 Å². The quantitative estimate of drug-likeness (QED) is 0.400. The number of thioether (sulfide) groups is 1. The third kappa shape index (κ3) is 5.39. The first kappa shape index (κ1) is 17.5. The molecule has 0 radical (unpaired) electrons. The van der Waals surface area contributed by atoms with Gasteiger partial charge in [-0.25, -0.2) is 0 Å². The monoisotopic (exact) mass is 333 g/mol. The molecule has 0 aliphatic rings. The van der Waals surface area contributed by atoms with Crippen molar-refractivity contribution >= 4 is 17.7 Å². The number of carbonyl (C=O) groups excluding carboxylic acids is 1. The molecule has 0 atom stereocenters. The van der Waals surface area contributed by atoms with Gasteiger partial charge in [-0.1, -0.05) is 55.4 Å². The SMILES string of the molecule is CCCCOC(=O)CSc1nnc(Cc2ccccc2)n1CC. The van der Waals surface area contributed by atoms with E-state index in [1.807, 2.05) is 18.2 Å². The Bertz CT molecular complexity index is 614. The zero-order valence-electron chi connectivity index (χ0n) is 13.7. The summed E-state index contributed by atoms with van der Waals surface area (Å²) in [6, 6.07) is 10.2. The van der Waals surface area contributed by atoms with Gasteiger partial charge in [0.05, 0.1) is 12.4 Å². The molecule has 0 bridgehead atoms. The van der Waals surface area contributed by atoms with Gasteiger partial charge in [-0.15, -0.1) is 10.2 Å². The van der Waals surface area contributed by atoms with Crippen LogP contribution in [0.4, 0.5) is 0 Å². The molecule has 0 amide bonds. The maximum absolute atomic E-state index is 11.7. The lowest BCUT2D eigenvalue weighted by molar-refractivity contribution is -0.140. The molecular formula is C17H23N3O2S. The van der Waals surface area contributed by atoms with E-state index in [2.05, 4.69) is 40.7 Å². The number of rotatable bonds is 9. The molecule has 0 spiro atoms. The van der Waals surface area contributed by atoms with E-state index in [9.17, 15) is 4.79 Å². The Labute approximate surface area is 141 Å². The van der Waals surface area contributed by atoms with Crippen LogP contribution in [0.25, 0.3) is 0 Å². The molecule has 6 heteroatoms. The van der Waals surface area contributed by atoms with Gasteiger partial charge in [-0.05, 0) is 18.9 Å². The van der Waals surface area contributed by atoms with E-state index in [1.165, 1.54) is 17.3 Å². The number of benzene rings is 1. The number of ether oxygens (including phenoxy) is 1. The number of hydrogen-bond donors (Lipinski definition) is 0. The van der Waals surface area contributed by atoms with E-state index in [0.29, 0.717) is 6.61 Å². The number of unbranched alkanes of at least 4 members (excludes halogenated alkanes) is 1. The number of esters is 1. The standard InChI is InChI=1S/C17H23N3O2S/c1-3-5-11-22-16(21)13-23-17-19-18-15(20(17)4-2)12-14-9-7-6-8-10-14/h6-10H,3-5,11-13H2,1-2H3. The fraction of sp³-hybridized carbons (Fsp3) is 0.471. The van der Waals surface area contributed by atoms with Gasteiger partial charge >= 0.3 is 5.97 Å². The van der Waals surface area contributed by atoms with Crippen LogP contribution in [0.15, 0.2) is 35.5 Å². The highest BCUT2D eigenvalue weighted by molar-refractivity contribution is 7.99. The lowest BCUT2D eigenvalue weighted by Crippen LogP contribution is -2.10. The molecule has 0 fully saturated rings. The van der Waals surface area contributed by atoms with Crippen LogP contribution in [0, 0.1) is 0 Å². The summed E-state index contributed by atoms with van der Waals surface area (Å²) in [6.07, 6.45) is 2.67. The van der Waals surface area contributed by atoms with E-state index >= 15 is 0 Å². The molecule has 124 valence electrons. The minimum Gasteiger partial charge on any atom is -0.465 e. The molecule has 1 heterocycles. The summed E-state index contributed by atoms with van der Waals surface area (Å²) in [5.41, 5.74) is 1.20. The molecular weight excluding hydrogens is 310 g/mol. The molecule has 1 aromatic heterocycles. The highest BCUT2D eigenvalue weighted by Crippen LogP contribution is 2.19. The average Bonchev–Trinajstić information content (AvgIpc) is 2.96. The molecule has 0 unspecified atom stereocenters. The zero-order valence-corrected chi connectivity index (χ0v) is 14.5. The normalized spacial score (nSPS) is 10.7. The van der Waals surface area contributed by atoms with Crippen LogP contribution >= 0.6 is 11.8 Å². The first-order valence-electron chi connectivity index (χ1n) is 7.99. The minimum atomic E-state index is -0.196. The fourth-order valence-corrected chi connectivity index (χ4v) is 2.97. The third-order valence-corrected chi connectivity index (χ3v) is 4.34. The van der Waals surface area contributed by atoms with E-state index in [1.54, 1.807) is 0 Å². The third-order valence-electron chi connectivity index (χ3n) is 3.39. The highest BCUT2D eigenvalue weighted by atomic mass is 32.2. The summed E-state index contributed by atoms with van der Waals surface area (Å²) in [5.74, 6) is 0.993. The Hall–Kier alpha value is -1.82. The van der Waals surface area contributed by atoms with Crippen LogP contribution in [-0.2, 0) is 22.5 Å². The molecule has 2 aromatic rings. The second-order valence-corrected chi connectivity index (χ2v) is 6.11. The van der Waals surface area contributed by atoms with Crippen LogP contribution in [0.3, 0.4) is 0 Å². The van der Waals surface area contributed by atoms with Crippen molar-refractivity contribution in [1.82, 2.24) is 14.8 Å². The molecule has 0 aliphatic heterocycles. The van der Waals surface area contributed by atoms with E-state index in [0.717, 1.165) is 36.8 Å². The lowest BCUT2D eigenvalue weighted by atomic mass is 10.1. The van der Waals surface area contributed by atoms with Gasteiger partial charge in [-0.3, -0.25) is 4.79 Å². The lowest BCUT2D eigenvalue weighted by Gasteiger charge is -2.07. The van der Waals surface area contributed by atoms with Gasteiger partial charge in [0.25, 0.3) is 0 Å². The summed E-state index contributed by atoms with van der Waals surface area (Å²) >= 11 is 1.38. The van der Waals surface area contributed by atoms with Crippen molar-refractivity contribution in [2.24, 2.45) is 0 Å². The molecule has 0 saturated carbocycles. The van der Waals surface area contributed by atoms with Crippen molar-refractivity contribution in [3.63, 3.8) is 0 Å². The van der Waals surface area contributed by atoms with Crippen molar-refractivity contribution in [1.29, 1.82) is 0 Å². The molecule has 23 heavy (non-hydrogen) atoms. The van der Waals surface area contributed by atoms with E-state index in [-0.39, 0.29) is 11.7 Å². The van der Waals surface area contributed by atoms with Crippen molar-refractivity contribution < 1.29 is 9.53 Å².